The summed E-state index contributed by atoms with van der Waals surface area (Å²) >= 11 is 0. The first-order chi connectivity index (χ1) is 14.0. The molecule has 6 nitrogen and oxygen atoms in total. The molecule has 0 unspecified atom stereocenters. The van der Waals surface area contributed by atoms with Crippen molar-refractivity contribution in [1.82, 2.24) is 5.32 Å². The van der Waals surface area contributed by atoms with Crippen LogP contribution in [0.3, 0.4) is 0 Å². The molecular formula is C17H17F6NO5S2. The molecule has 0 radical (unpaired) electrons. The van der Waals surface area contributed by atoms with Gasteiger partial charge in [0.2, 0.25) is 0 Å². The average molecular weight is 493 g/mol. The molecule has 0 saturated heterocycles. The Bertz CT molecular complexity index is 983. The molecule has 0 spiro atoms. The van der Waals surface area contributed by atoms with Gasteiger partial charge in [-0.05, 0) is 35.2 Å². The van der Waals surface area contributed by atoms with Crippen LogP contribution in [-0.2, 0) is 27.2 Å². The van der Waals surface area contributed by atoms with E-state index in [0.29, 0.717) is 6.54 Å². The van der Waals surface area contributed by atoms with Crippen molar-refractivity contribution in [3.63, 3.8) is 0 Å². The minimum atomic E-state index is -6.09. The molecular weight excluding hydrogens is 476 g/mol. The number of carbonyl (C=O) groups excluding carboxylic acids is 1. The van der Waals surface area contributed by atoms with E-state index < -0.39 is 27.4 Å². The second-order valence-corrected chi connectivity index (χ2v) is 9.84. The normalized spacial score (nSPS) is 12.3. The third kappa shape index (κ3) is 8.83. The molecule has 1 aromatic carbocycles. The number of hydrogen-bond acceptors (Lipinski definition) is 5. The molecule has 1 amide bonds. The largest absolute Gasteiger partial charge is 0.741 e. The Labute approximate surface area is 176 Å². The molecule has 0 aliphatic heterocycles. The Balaban J connectivity index is 0.000000512. The summed E-state index contributed by atoms with van der Waals surface area (Å²) in [5.41, 5.74) is -6.12. The van der Waals surface area contributed by atoms with Crippen LogP contribution < -0.4 is 5.32 Å². The lowest BCUT2D eigenvalue weighted by molar-refractivity contribution is -0.137. The van der Waals surface area contributed by atoms with Crippen LogP contribution in [0, 0.1) is 0 Å². The molecule has 0 bridgehead atoms. The Morgan fingerprint density at radius 1 is 1.10 bits per heavy atom. The number of rotatable bonds is 5. The predicted octanol–water partition coefficient (Wildman–Crippen LogP) is 3.62. The van der Waals surface area contributed by atoms with Crippen molar-refractivity contribution in [2.24, 2.45) is 0 Å². The van der Waals surface area contributed by atoms with E-state index in [1.165, 1.54) is 24.3 Å². The Kier molecular flexibility index (Phi) is 9.02. The summed E-state index contributed by atoms with van der Waals surface area (Å²) in [5, 5.41) is 2.72. The van der Waals surface area contributed by atoms with Crippen molar-refractivity contribution in [1.29, 1.82) is 0 Å². The van der Waals surface area contributed by atoms with Gasteiger partial charge in [0.1, 0.15) is 11.5 Å². The zero-order chi connectivity index (χ0) is 24.0. The highest BCUT2D eigenvalue weighted by molar-refractivity contribution is 7.95. The van der Waals surface area contributed by atoms with Gasteiger partial charge in [-0.1, -0.05) is 12.1 Å². The zero-order valence-electron chi connectivity index (χ0n) is 16.0. The predicted molar refractivity (Wildman–Crippen MR) is 101 cm³/mol. The summed E-state index contributed by atoms with van der Waals surface area (Å²) in [5.74, 6) is 0.817. The maximum Gasteiger partial charge on any atom is 0.485 e. The Morgan fingerprint density at radius 3 is 2.16 bits per heavy atom. The maximum absolute atomic E-state index is 12.7. The molecule has 0 aliphatic rings. The van der Waals surface area contributed by atoms with Gasteiger partial charge >= 0.3 is 11.7 Å². The highest BCUT2D eigenvalue weighted by Gasteiger charge is 2.37. The fourth-order valence-electron chi connectivity index (χ4n) is 1.92. The fourth-order valence-corrected chi connectivity index (χ4v) is 2.43. The van der Waals surface area contributed by atoms with E-state index in [4.69, 9.17) is 17.4 Å². The number of hydrogen-bond donors (Lipinski definition) is 1. The molecule has 31 heavy (non-hydrogen) atoms. The highest BCUT2D eigenvalue weighted by atomic mass is 32.2. The molecule has 0 atom stereocenters. The molecule has 174 valence electrons. The summed E-state index contributed by atoms with van der Waals surface area (Å²) in [7, 11) is -5.87. The van der Waals surface area contributed by atoms with Gasteiger partial charge in [-0.15, -0.1) is 0 Å². The van der Waals surface area contributed by atoms with E-state index in [2.05, 4.69) is 17.8 Å². The minimum Gasteiger partial charge on any atom is -0.741 e. The SMILES string of the molecule is C[S+](C)CCNC(=O)c1ccc(-c2cccc(C(F)(F)F)c2)o1.O=S(=O)([O-])C(F)(F)F. The van der Waals surface area contributed by atoms with E-state index in [1.807, 2.05) is 0 Å². The van der Waals surface area contributed by atoms with Crippen LogP contribution in [0.25, 0.3) is 11.3 Å². The molecule has 2 aromatic rings. The first kappa shape index (κ1) is 26.8. The van der Waals surface area contributed by atoms with E-state index >= 15 is 0 Å². The lowest BCUT2D eigenvalue weighted by Gasteiger charge is -2.08. The van der Waals surface area contributed by atoms with Gasteiger partial charge in [-0.3, -0.25) is 4.79 Å². The van der Waals surface area contributed by atoms with Crippen molar-refractivity contribution < 1.29 is 48.5 Å². The lowest BCUT2D eigenvalue weighted by Crippen LogP contribution is -2.28. The fraction of sp³-hybridized carbons (Fsp3) is 0.353. The monoisotopic (exact) mass is 493 g/mol. The Morgan fingerprint density at radius 2 is 1.68 bits per heavy atom. The van der Waals surface area contributed by atoms with Gasteiger partial charge in [0.15, 0.2) is 15.9 Å². The number of alkyl halides is 6. The van der Waals surface area contributed by atoms with Crippen LogP contribution in [0.1, 0.15) is 16.1 Å². The number of amides is 1. The lowest BCUT2D eigenvalue weighted by atomic mass is 10.1. The zero-order valence-corrected chi connectivity index (χ0v) is 17.6. The van der Waals surface area contributed by atoms with Gasteiger partial charge in [-0.2, -0.15) is 26.3 Å². The van der Waals surface area contributed by atoms with Gasteiger partial charge in [-0.25, -0.2) is 8.42 Å². The van der Waals surface area contributed by atoms with Gasteiger partial charge in [0.05, 0.1) is 24.6 Å². The third-order valence-electron chi connectivity index (χ3n) is 3.38. The standard InChI is InChI=1S/C16H16F3NO2S.CHF3O3S/c1-23(2)9-8-20-15(21)14-7-6-13(22-14)11-4-3-5-12(10-11)16(17,18)19;2-1(3,4)8(5,6)7/h3-7,10H,8-9H2,1-2H3;(H,5,6,7). The van der Waals surface area contributed by atoms with E-state index in [-0.39, 0.29) is 33.9 Å². The summed E-state index contributed by atoms with van der Waals surface area (Å²) < 4.78 is 102. The number of halogens is 6. The van der Waals surface area contributed by atoms with Crippen molar-refractivity contribution in [3.05, 3.63) is 47.7 Å². The molecule has 1 heterocycles. The van der Waals surface area contributed by atoms with Crippen molar-refractivity contribution in [2.75, 3.05) is 24.8 Å². The van der Waals surface area contributed by atoms with Crippen LogP contribution >= 0.6 is 0 Å². The summed E-state index contributed by atoms with van der Waals surface area (Å²) in [6, 6.07) is 7.77. The summed E-state index contributed by atoms with van der Waals surface area (Å²) in [4.78, 5) is 11.9. The molecule has 1 N–H and O–H groups in total. The van der Waals surface area contributed by atoms with Crippen molar-refractivity contribution in [3.8, 4) is 11.3 Å². The van der Waals surface area contributed by atoms with Crippen LogP contribution in [-0.4, -0.2) is 49.2 Å². The second kappa shape index (κ2) is 10.4. The molecule has 1 aromatic heterocycles. The third-order valence-corrected chi connectivity index (χ3v) is 4.97. The Hall–Kier alpha value is -2.19. The van der Waals surface area contributed by atoms with E-state index in [1.54, 1.807) is 0 Å². The number of benzene rings is 1. The maximum atomic E-state index is 12.7. The summed E-state index contributed by atoms with van der Waals surface area (Å²) in [6.45, 7) is 0.536. The first-order valence-corrected chi connectivity index (χ1v) is 11.8. The van der Waals surface area contributed by atoms with Gasteiger partial charge in [0, 0.05) is 5.56 Å². The average Bonchev–Trinajstić information content (AvgIpc) is 3.10. The number of carbonyl (C=O) groups is 1. The van der Waals surface area contributed by atoms with E-state index in [9.17, 15) is 31.1 Å². The van der Waals surface area contributed by atoms with Crippen LogP contribution in [0.2, 0.25) is 0 Å². The molecule has 0 aliphatic carbocycles. The number of nitrogens with one attached hydrogen (secondary N) is 1. The molecule has 0 saturated carbocycles. The topological polar surface area (TPSA) is 99.4 Å². The van der Waals surface area contributed by atoms with Crippen molar-refractivity contribution >= 4 is 26.9 Å². The summed E-state index contributed by atoms with van der Waals surface area (Å²) in [6.07, 6.45) is -0.268. The second-order valence-electron chi connectivity index (χ2n) is 6.09. The molecule has 14 heteroatoms. The smallest absolute Gasteiger partial charge is 0.485 e. The first-order valence-electron chi connectivity index (χ1n) is 8.14. The van der Waals surface area contributed by atoms with Gasteiger partial charge < -0.3 is 14.3 Å². The van der Waals surface area contributed by atoms with Crippen LogP contribution in [0.15, 0.2) is 40.8 Å². The highest BCUT2D eigenvalue weighted by Crippen LogP contribution is 2.32. The van der Waals surface area contributed by atoms with Crippen LogP contribution in [0.5, 0.6) is 0 Å². The van der Waals surface area contributed by atoms with E-state index in [0.717, 1.165) is 17.9 Å². The minimum absolute atomic E-state index is 0.0875. The molecule has 2 rings (SSSR count). The molecule has 0 fully saturated rings. The van der Waals surface area contributed by atoms with Crippen LogP contribution in [0.4, 0.5) is 26.3 Å². The van der Waals surface area contributed by atoms with Crippen molar-refractivity contribution in [2.45, 2.75) is 11.7 Å². The number of furan rings is 1. The van der Waals surface area contributed by atoms with Gasteiger partial charge in [0.25, 0.3) is 5.91 Å². The quantitative estimate of drug-likeness (QED) is 0.297.